The minimum atomic E-state index is -0.783. The summed E-state index contributed by atoms with van der Waals surface area (Å²) in [7, 11) is 0. The maximum absolute atomic E-state index is 14.3. The Morgan fingerprint density at radius 3 is 2.62 bits per heavy atom. The van der Waals surface area contributed by atoms with Gasteiger partial charge >= 0.3 is 6.09 Å². The number of carbonyl (C=O) groups excluding carboxylic acids is 2. The fourth-order valence-corrected chi connectivity index (χ4v) is 2.22. The fourth-order valence-electron chi connectivity index (χ4n) is 1.95. The Labute approximate surface area is 143 Å². The SMILES string of the molecule is CC(C)(C)OC(=O)Nc1cc(Cl)c(-c2cncc(C=O)c2)cc1F. The fraction of sp³-hybridized carbons (Fsp3) is 0.235. The molecule has 24 heavy (non-hydrogen) atoms. The molecule has 1 N–H and O–H groups in total. The van der Waals surface area contributed by atoms with Gasteiger partial charge < -0.3 is 4.74 Å². The van der Waals surface area contributed by atoms with Crippen LogP contribution in [0.2, 0.25) is 5.02 Å². The molecular formula is C17H16ClFN2O3. The van der Waals surface area contributed by atoms with Crippen LogP contribution in [0.25, 0.3) is 11.1 Å². The molecule has 1 aromatic heterocycles. The summed E-state index contributed by atoms with van der Waals surface area (Å²) in [5.74, 6) is -0.684. The average molecular weight is 351 g/mol. The molecule has 7 heteroatoms. The van der Waals surface area contributed by atoms with Gasteiger partial charge in [0.2, 0.25) is 0 Å². The number of rotatable bonds is 3. The molecule has 0 unspecified atom stereocenters. The highest BCUT2D eigenvalue weighted by atomic mass is 35.5. The third kappa shape index (κ3) is 4.52. The van der Waals surface area contributed by atoms with E-state index in [1.54, 1.807) is 26.8 Å². The highest BCUT2D eigenvalue weighted by Gasteiger charge is 2.18. The predicted molar refractivity (Wildman–Crippen MR) is 89.9 cm³/mol. The number of ether oxygens (including phenoxy) is 1. The normalized spacial score (nSPS) is 11.0. The molecule has 0 bridgehead atoms. The molecule has 1 amide bonds. The molecular weight excluding hydrogens is 335 g/mol. The second-order valence-corrected chi connectivity index (χ2v) is 6.47. The molecule has 0 aliphatic heterocycles. The van der Waals surface area contributed by atoms with Crippen LogP contribution in [0.5, 0.6) is 0 Å². The predicted octanol–water partition coefficient (Wildman–Crippen LogP) is 4.70. The number of amides is 1. The summed E-state index contributed by atoms with van der Waals surface area (Å²) in [6.45, 7) is 5.10. The Morgan fingerprint density at radius 2 is 2.00 bits per heavy atom. The summed E-state index contributed by atoms with van der Waals surface area (Å²) in [6, 6.07) is 3.99. The molecule has 0 radical (unpaired) electrons. The van der Waals surface area contributed by atoms with Crippen molar-refractivity contribution in [2.75, 3.05) is 5.32 Å². The zero-order valence-corrected chi connectivity index (χ0v) is 14.1. The third-order valence-electron chi connectivity index (χ3n) is 2.90. The largest absolute Gasteiger partial charge is 0.444 e. The molecule has 0 atom stereocenters. The van der Waals surface area contributed by atoms with Crippen molar-refractivity contribution >= 4 is 29.7 Å². The van der Waals surface area contributed by atoms with Crippen LogP contribution >= 0.6 is 11.6 Å². The van der Waals surface area contributed by atoms with Crippen LogP contribution in [0.4, 0.5) is 14.9 Å². The number of halogens is 2. The van der Waals surface area contributed by atoms with E-state index in [-0.39, 0.29) is 10.7 Å². The van der Waals surface area contributed by atoms with Crippen molar-refractivity contribution in [2.24, 2.45) is 0 Å². The summed E-state index contributed by atoms with van der Waals surface area (Å²) in [4.78, 5) is 26.5. The van der Waals surface area contributed by atoms with Crippen molar-refractivity contribution in [3.63, 3.8) is 0 Å². The summed E-state index contributed by atoms with van der Waals surface area (Å²) in [5, 5.41) is 2.52. The summed E-state index contributed by atoms with van der Waals surface area (Å²) < 4.78 is 19.3. The number of aromatic nitrogens is 1. The second-order valence-electron chi connectivity index (χ2n) is 6.06. The van der Waals surface area contributed by atoms with E-state index in [1.165, 1.54) is 24.5 Å². The maximum Gasteiger partial charge on any atom is 0.412 e. The maximum atomic E-state index is 14.3. The van der Waals surface area contributed by atoms with Gasteiger partial charge in [-0.15, -0.1) is 0 Å². The lowest BCUT2D eigenvalue weighted by Gasteiger charge is -2.20. The lowest BCUT2D eigenvalue weighted by molar-refractivity contribution is 0.0635. The van der Waals surface area contributed by atoms with Crippen molar-refractivity contribution in [1.82, 2.24) is 4.98 Å². The van der Waals surface area contributed by atoms with Gasteiger partial charge in [0.25, 0.3) is 0 Å². The van der Waals surface area contributed by atoms with E-state index in [9.17, 15) is 14.0 Å². The van der Waals surface area contributed by atoms with Gasteiger partial charge in [-0.3, -0.25) is 15.1 Å². The zero-order valence-electron chi connectivity index (χ0n) is 13.4. The average Bonchev–Trinajstić information content (AvgIpc) is 2.48. The van der Waals surface area contributed by atoms with Crippen molar-refractivity contribution in [1.29, 1.82) is 0 Å². The molecule has 0 aliphatic carbocycles. The molecule has 5 nitrogen and oxygen atoms in total. The number of anilines is 1. The first-order valence-corrected chi connectivity index (χ1v) is 7.47. The lowest BCUT2D eigenvalue weighted by Crippen LogP contribution is -2.27. The summed E-state index contributed by atoms with van der Waals surface area (Å²) >= 11 is 6.17. The number of nitrogens with zero attached hydrogens (tertiary/aromatic N) is 1. The van der Waals surface area contributed by atoms with Gasteiger partial charge in [-0.25, -0.2) is 9.18 Å². The Balaban J connectivity index is 2.31. The number of nitrogens with one attached hydrogen (secondary N) is 1. The Kier molecular flexibility index (Phi) is 5.19. The molecule has 0 aliphatic rings. The van der Waals surface area contributed by atoms with Gasteiger partial charge in [-0.05, 0) is 39.0 Å². The van der Waals surface area contributed by atoms with Crippen molar-refractivity contribution in [3.05, 3.63) is 47.0 Å². The minimum absolute atomic E-state index is 0.0995. The van der Waals surface area contributed by atoms with Crippen LogP contribution in [0.3, 0.4) is 0 Å². The molecule has 0 saturated heterocycles. The Bertz CT molecular complexity index is 788. The monoisotopic (exact) mass is 350 g/mol. The second kappa shape index (κ2) is 6.97. The number of pyridine rings is 1. The van der Waals surface area contributed by atoms with Crippen LogP contribution in [0, 0.1) is 5.82 Å². The van der Waals surface area contributed by atoms with Gasteiger partial charge in [0.15, 0.2) is 6.29 Å². The van der Waals surface area contributed by atoms with Crippen molar-refractivity contribution in [3.8, 4) is 11.1 Å². The summed E-state index contributed by atoms with van der Waals surface area (Å²) in [6.07, 6.45) is 2.71. The van der Waals surface area contributed by atoms with Gasteiger partial charge in [0, 0.05) is 29.1 Å². The van der Waals surface area contributed by atoms with Crippen LogP contribution in [0.1, 0.15) is 31.1 Å². The first kappa shape index (κ1) is 17.9. The minimum Gasteiger partial charge on any atom is -0.444 e. The molecule has 1 heterocycles. The molecule has 0 spiro atoms. The van der Waals surface area contributed by atoms with E-state index in [0.717, 1.165) is 0 Å². The van der Waals surface area contributed by atoms with Crippen LogP contribution in [0.15, 0.2) is 30.6 Å². The van der Waals surface area contributed by atoms with E-state index >= 15 is 0 Å². The van der Waals surface area contributed by atoms with Gasteiger partial charge in [0.1, 0.15) is 11.4 Å². The smallest absolute Gasteiger partial charge is 0.412 e. The van der Waals surface area contributed by atoms with Gasteiger partial charge in [-0.2, -0.15) is 0 Å². The molecule has 0 fully saturated rings. The molecule has 126 valence electrons. The number of benzene rings is 1. The van der Waals surface area contributed by atoms with E-state index in [0.29, 0.717) is 23.0 Å². The van der Waals surface area contributed by atoms with E-state index in [2.05, 4.69) is 10.3 Å². The molecule has 2 rings (SSSR count). The first-order chi connectivity index (χ1) is 11.2. The van der Waals surface area contributed by atoms with E-state index in [4.69, 9.17) is 16.3 Å². The van der Waals surface area contributed by atoms with E-state index in [1.807, 2.05) is 0 Å². The third-order valence-corrected chi connectivity index (χ3v) is 3.21. The van der Waals surface area contributed by atoms with Gasteiger partial charge in [-0.1, -0.05) is 11.6 Å². The van der Waals surface area contributed by atoms with Crippen LogP contribution < -0.4 is 5.32 Å². The van der Waals surface area contributed by atoms with E-state index < -0.39 is 17.5 Å². The zero-order chi connectivity index (χ0) is 17.9. The van der Waals surface area contributed by atoms with Crippen molar-refractivity contribution in [2.45, 2.75) is 26.4 Å². The number of aldehydes is 1. The van der Waals surface area contributed by atoms with Crippen molar-refractivity contribution < 1.29 is 18.7 Å². The molecule has 0 saturated carbocycles. The van der Waals surface area contributed by atoms with Crippen LogP contribution in [-0.4, -0.2) is 23.0 Å². The standard InChI is InChI=1S/C17H16ClFN2O3/c1-17(2,3)24-16(23)21-15-6-13(18)12(5-14(15)19)11-4-10(9-22)7-20-8-11/h4-9H,1-3H3,(H,21,23). The topological polar surface area (TPSA) is 68.3 Å². The van der Waals surface area contributed by atoms with Crippen LogP contribution in [-0.2, 0) is 4.74 Å². The Hall–Kier alpha value is -2.47. The summed E-state index contributed by atoms with van der Waals surface area (Å²) in [5.41, 5.74) is 0.399. The number of hydrogen-bond donors (Lipinski definition) is 1. The highest BCUT2D eigenvalue weighted by molar-refractivity contribution is 6.33. The quantitative estimate of drug-likeness (QED) is 0.814. The number of hydrogen-bond acceptors (Lipinski definition) is 4. The lowest BCUT2D eigenvalue weighted by atomic mass is 10.1. The Morgan fingerprint density at radius 1 is 1.29 bits per heavy atom. The van der Waals surface area contributed by atoms with Gasteiger partial charge in [0.05, 0.1) is 10.7 Å². The highest BCUT2D eigenvalue weighted by Crippen LogP contribution is 2.32. The molecule has 1 aromatic carbocycles. The number of carbonyl (C=O) groups is 2. The molecule has 2 aromatic rings. The first-order valence-electron chi connectivity index (χ1n) is 7.09.